The van der Waals surface area contributed by atoms with Gasteiger partial charge in [0.2, 0.25) is 0 Å². The molecule has 1 aliphatic rings. The first kappa shape index (κ1) is 22.0. The lowest BCUT2D eigenvalue weighted by Gasteiger charge is -2.35. The molecule has 3 N–H and O–H groups in total. The molecule has 1 fully saturated rings. The maximum absolute atomic E-state index is 13.7. The van der Waals surface area contributed by atoms with Gasteiger partial charge in [-0.05, 0) is 44.7 Å². The van der Waals surface area contributed by atoms with E-state index in [1.165, 1.54) is 6.07 Å². The van der Waals surface area contributed by atoms with Gasteiger partial charge in [-0.3, -0.25) is 4.99 Å². The van der Waals surface area contributed by atoms with E-state index < -0.39 is 5.60 Å². The molecule has 0 spiro atoms. The fourth-order valence-corrected chi connectivity index (χ4v) is 2.51. The fourth-order valence-electron chi connectivity index (χ4n) is 2.51. The molecule has 0 bridgehead atoms. The summed E-state index contributed by atoms with van der Waals surface area (Å²) in [6.45, 7) is 5.62. The summed E-state index contributed by atoms with van der Waals surface area (Å²) < 4.78 is 19.4. The van der Waals surface area contributed by atoms with Crippen LogP contribution in [0.15, 0.2) is 29.3 Å². The predicted molar refractivity (Wildman–Crippen MR) is 109 cm³/mol. The molecule has 0 radical (unpaired) electrons. The minimum atomic E-state index is -0.643. The Labute approximate surface area is 166 Å². The van der Waals surface area contributed by atoms with Crippen LogP contribution in [-0.2, 0) is 0 Å². The van der Waals surface area contributed by atoms with Crippen LogP contribution in [-0.4, -0.2) is 42.4 Å². The van der Waals surface area contributed by atoms with Gasteiger partial charge in [0.1, 0.15) is 6.10 Å². The second-order valence-electron chi connectivity index (χ2n) is 6.23. The SMILES string of the molecule is CCNC(=NCC1(O)CCC1)NCC(CC)Oc1ccccc1F.I. The first-order valence-electron chi connectivity index (χ1n) is 8.72. The third-order valence-corrected chi connectivity index (χ3v) is 4.24. The lowest BCUT2D eigenvalue weighted by Crippen LogP contribution is -2.45. The number of hydrogen-bond donors (Lipinski definition) is 3. The smallest absolute Gasteiger partial charge is 0.191 e. The lowest BCUT2D eigenvalue weighted by molar-refractivity contribution is -0.0236. The van der Waals surface area contributed by atoms with Crippen molar-refractivity contribution >= 4 is 29.9 Å². The molecular formula is C18H29FIN3O2. The average Bonchev–Trinajstić information content (AvgIpc) is 2.56. The van der Waals surface area contributed by atoms with Crippen molar-refractivity contribution < 1.29 is 14.2 Å². The largest absolute Gasteiger partial charge is 0.486 e. The van der Waals surface area contributed by atoms with Crippen molar-refractivity contribution in [2.24, 2.45) is 4.99 Å². The molecule has 2 rings (SSSR count). The second-order valence-corrected chi connectivity index (χ2v) is 6.23. The van der Waals surface area contributed by atoms with E-state index in [9.17, 15) is 9.50 Å². The molecular weight excluding hydrogens is 436 g/mol. The summed E-state index contributed by atoms with van der Waals surface area (Å²) in [4.78, 5) is 4.45. The zero-order valence-electron chi connectivity index (χ0n) is 14.9. The van der Waals surface area contributed by atoms with Crippen LogP contribution in [0.25, 0.3) is 0 Å². The number of hydrogen-bond acceptors (Lipinski definition) is 3. The van der Waals surface area contributed by atoms with Crippen molar-refractivity contribution in [3.05, 3.63) is 30.1 Å². The van der Waals surface area contributed by atoms with Crippen LogP contribution in [0.4, 0.5) is 4.39 Å². The van der Waals surface area contributed by atoms with Crippen molar-refractivity contribution in [1.82, 2.24) is 10.6 Å². The minimum Gasteiger partial charge on any atom is -0.486 e. The first-order chi connectivity index (χ1) is 11.6. The van der Waals surface area contributed by atoms with Gasteiger partial charge in [-0.2, -0.15) is 0 Å². The van der Waals surface area contributed by atoms with Gasteiger partial charge in [0.05, 0.1) is 18.7 Å². The standard InChI is InChI=1S/C18H28FN3O2.HI/c1-3-14(24-16-9-6-5-8-15(16)19)12-21-17(20-4-2)22-13-18(23)10-7-11-18;/h5-6,8-9,14,23H,3-4,7,10-13H2,1-2H3,(H2,20,21,22);1H. The maximum atomic E-state index is 13.7. The Hall–Kier alpha value is -1.09. The number of nitrogens with one attached hydrogen (secondary N) is 2. The zero-order chi connectivity index (χ0) is 17.4. The molecule has 0 aliphatic heterocycles. The van der Waals surface area contributed by atoms with Crippen LogP contribution in [0.2, 0.25) is 0 Å². The van der Waals surface area contributed by atoms with Crippen LogP contribution < -0.4 is 15.4 Å². The number of aliphatic hydroxyl groups is 1. The van der Waals surface area contributed by atoms with Crippen molar-refractivity contribution in [3.63, 3.8) is 0 Å². The molecule has 25 heavy (non-hydrogen) atoms. The van der Waals surface area contributed by atoms with Gasteiger partial charge in [-0.1, -0.05) is 19.1 Å². The van der Waals surface area contributed by atoms with E-state index in [0.29, 0.717) is 19.0 Å². The third kappa shape index (κ3) is 6.97. The molecule has 1 aromatic carbocycles. The van der Waals surface area contributed by atoms with Crippen molar-refractivity contribution in [2.75, 3.05) is 19.6 Å². The van der Waals surface area contributed by atoms with Gasteiger partial charge in [0.15, 0.2) is 17.5 Å². The molecule has 1 aliphatic carbocycles. The number of rotatable bonds is 8. The quantitative estimate of drug-likeness (QED) is 0.314. The highest BCUT2D eigenvalue weighted by molar-refractivity contribution is 14.0. The van der Waals surface area contributed by atoms with Crippen molar-refractivity contribution in [3.8, 4) is 5.75 Å². The summed E-state index contributed by atoms with van der Waals surface area (Å²) in [6, 6.07) is 6.41. The van der Waals surface area contributed by atoms with E-state index >= 15 is 0 Å². The fraction of sp³-hybridized carbons (Fsp3) is 0.611. The molecule has 142 valence electrons. The van der Waals surface area contributed by atoms with Gasteiger partial charge in [-0.25, -0.2) is 4.39 Å². The van der Waals surface area contributed by atoms with E-state index in [-0.39, 0.29) is 41.6 Å². The molecule has 1 aromatic rings. The van der Waals surface area contributed by atoms with E-state index in [1.807, 2.05) is 13.8 Å². The Bertz CT molecular complexity index is 553. The summed E-state index contributed by atoms with van der Waals surface area (Å²) in [5, 5.41) is 16.5. The second kappa shape index (κ2) is 10.8. The Kier molecular flexibility index (Phi) is 9.48. The molecule has 1 unspecified atom stereocenters. The molecule has 0 heterocycles. The number of ether oxygens (including phenoxy) is 1. The molecule has 1 atom stereocenters. The number of nitrogens with zero attached hydrogens (tertiary/aromatic N) is 1. The first-order valence-corrected chi connectivity index (χ1v) is 8.72. The number of benzene rings is 1. The maximum Gasteiger partial charge on any atom is 0.191 e. The Morgan fingerprint density at radius 2 is 2.04 bits per heavy atom. The summed E-state index contributed by atoms with van der Waals surface area (Å²) in [5.74, 6) is 0.550. The van der Waals surface area contributed by atoms with Gasteiger partial charge in [-0.15, -0.1) is 24.0 Å². The average molecular weight is 465 g/mol. The topological polar surface area (TPSA) is 65.9 Å². The van der Waals surface area contributed by atoms with Crippen molar-refractivity contribution in [1.29, 1.82) is 0 Å². The number of guanidine groups is 1. The highest BCUT2D eigenvalue weighted by Gasteiger charge is 2.34. The highest BCUT2D eigenvalue weighted by Crippen LogP contribution is 2.31. The Morgan fingerprint density at radius 1 is 1.32 bits per heavy atom. The van der Waals surface area contributed by atoms with E-state index in [1.54, 1.807) is 18.2 Å². The number of para-hydroxylation sites is 1. The van der Waals surface area contributed by atoms with Gasteiger partial charge >= 0.3 is 0 Å². The van der Waals surface area contributed by atoms with Gasteiger partial charge in [0.25, 0.3) is 0 Å². The van der Waals surface area contributed by atoms with E-state index in [2.05, 4.69) is 15.6 Å². The van der Waals surface area contributed by atoms with Crippen LogP contribution in [0.5, 0.6) is 5.75 Å². The molecule has 0 aromatic heterocycles. The summed E-state index contributed by atoms with van der Waals surface area (Å²) in [5.41, 5.74) is -0.643. The Balaban J connectivity index is 0.00000312. The summed E-state index contributed by atoms with van der Waals surface area (Å²) >= 11 is 0. The monoisotopic (exact) mass is 465 g/mol. The predicted octanol–water partition coefficient (Wildman–Crippen LogP) is 3.07. The lowest BCUT2D eigenvalue weighted by atomic mass is 9.80. The zero-order valence-corrected chi connectivity index (χ0v) is 17.3. The number of halogens is 2. The highest BCUT2D eigenvalue weighted by atomic mass is 127. The van der Waals surface area contributed by atoms with Gasteiger partial charge in [0, 0.05) is 6.54 Å². The molecule has 5 nitrogen and oxygen atoms in total. The van der Waals surface area contributed by atoms with Crippen LogP contribution in [0.3, 0.4) is 0 Å². The molecule has 7 heteroatoms. The van der Waals surface area contributed by atoms with E-state index in [0.717, 1.165) is 32.2 Å². The Morgan fingerprint density at radius 3 is 2.60 bits per heavy atom. The van der Waals surface area contributed by atoms with Crippen LogP contribution in [0.1, 0.15) is 39.5 Å². The summed E-state index contributed by atoms with van der Waals surface area (Å²) in [6.07, 6.45) is 3.25. The minimum absolute atomic E-state index is 0. The van der Waals surface area contributed by atoms with Crippen molar-refractivity contribution in [2.45, 2.75) is 51.2 Å². The normalized spacial score (nSPS) is 17.0. The number of aliphatic imine (C=N–C) groups is 1. The molecule has 1 saturated carbocycles. The van der Waals surface area contributed by atoms with Gasteiger partial charge < -0.3 is 20.5 Å². The molecule has 0 saturated heterocycles. The summed E-state index contributed by atoms with van der Waals surface area (Å²) in [7, 11) is 0. The van der Waals surface area contributed by atoms with Crippen LogP contribution >= 0.6 is 24.0 Å². The van der Waals surface area contributed by atoms with E-state index in [4.69, 9.17) is 4.74 Å². The van der Waals surface area contributed by atoms with Crippen LogP contribution in [0, 0.1) is 5.82 Å². The third-order valence-electron chi connectivity index (χ3n) is 4.24. The molecule has 0 amide bonds.